The van der Waals surface area contributed by atoms with Crippen LogP contribution in [0.15, 0.2) is 30.3 Å². The second-order valence-corrected chi connectivity index (χ2v) is 5.75. The van der Waals surface area contributed by atoms with E-state index in [1.165, 1.54) is 18.4 Å². The zero-order chi connectivity index (χ0) is 12.8. The average Bonchev–Trinajstić information content (AvgIpc) is 3.21. The van der Waals surface area contributed by atoms with Crippen molar-refractivity contribution in [2.24, 2.45) is 0 Å². The molecule has 1 N–H and O–H groups in total. The predicted molar refractivity (Wildman–Crippen MR) is 78.0 cm³/mol. The standard InChI is InChI=1S/C15H20BrNO/c16-11-5-2-6-12-17-14(18)15(9-10-15)13-7-3-1-4-8-13/h1,3-4,7-8H,2,5-6,9-12H2,(H,17,18). The summed E-state index contributed by atoms with van der Waals surface area (Å²) in [4.78, 5) is 12.2. The van der Waals surface area contributed by atoms with Gasteiger partial charge < -0.3 is 5.32 Å². The smallest absolute Gasteiger partial charge is 0.230 e. The van der Waals surface area contributed by atoms with Gasteiger partial charge in [-0.2, -0.15) is 0 Å². The molecule has 1 aliphatic carbocycles. The van der Waals surface area contributed by atoms with E-state index < -0.39 is 0 Å². The monoisotopic (exact) mass is 309 g/mol. The van der Waals surface area contributed by atoms with Crippen LogP contribution in [0.1, 0.15) is 37.7 Å². The van der Waals surface area contributed by atoms with Crippen molar-refractivity contribution in [3.8, 4) is 0 Å². The van der Waals surface area contributed by atoms with E-state index in [1.807, 2.05) is 18.2 Å². The third kappa shape index (κ3) is 3.14. The van der Waals surface area contributed by atoms with Crippen LogP contribution < -0.4 is 5.32 Å². The number of hydrogen-bond donors (Lipinski definition) is 1. The molecule has 0 radical (unpaired) electrons. The molecule has 98 valence electrons. The van der Waals surface area contributed by atoms with Crippen molar-refractivity contribution >= 4 is 21.8 Å². The molecule has 0 atom stereocenters. The minimum Gasteiger partial charge on any atom is -0.355 e. The normalized spacial score (nSPS) is 16.3. The van der Waals surface area contributed by atoms with Gasteiger partial charge in [0.15, 0.2) is 0 Å². The Kier molecular flexibility index (Phi) is 4.81. The summed E-state index contributed by atoms with van der Waals surface area (Å²) in [5, 5.41) is 4.14. The number of halogens is 1. The van der Waals surface area contributed by atoms with Crippen molar-refractivity contribution in [1.82, 2.24) is 5.32 Å². The van der Waals surface area contributed by atoms with E-state index in [0.717, 1.165) is 31.1 Å². The van der Waals surface area contributed by atoms with Crippen LogP contribution >= 0.6 is 15.9 Å². The van der Waals surface area contributed by atoms with Crippen LogP contribution in [0, 0.1) is 0 Å². The average molecular weight is 310 g/mol. The largest absolute Gasteiger partial charge is 0.355 e. The summed E-state index contributed by atoms with van der Waals surface area (Å²) in [6.07, 6.45) is 5.40. The fraction of sp³-hybridized carbons (Fsp3) is 0.533. The van der Waals surface area contributed by atoms with Gasteiger partial charge >= 0.3 is 0 Å². The van der Waals surface area contributed by atoms with Gasteiger partial charge in [0.1, 0.15) is 0 Å². The number of rotatable bonds is 7. The SMILES string of the molecule is O=C(NCCCCCBr)C1(c2ccccc2)CC1. The van der Waals surface area contributed by atoms with Crippen LogP contribution in [0.5, 0.6) is 0 Å². The number of alkyl halides is 1. The first kappa shape index (κ1) is 13.6. The van der Waals surface area contributed by atoms with Crippen LogP contribution in [-0.2, 0) is 10.2 Å². The van der Waals surface area contributed by atoms with Gasteiger partial charge in [0.2, 0.25) is 5.91 Å². The highest BCUT2D eigenvalue weighted by atomic mass is 79.9. The van der Waals surface area contributed by atoms with Crippen molar-refractivity contribution < 1.29 is 4.79 Å². The molecule has 3 heteroatoms. The Hall–Kier alpha value is -0.830. The van der Waals surface area contributed by atoms with Crippen molar-refractivity contribution in [1.29, 1.82) is 0 Å². The second-order valence-electron chi connectivity index (χ2n) is 4.95. The van der Waals surface area contributed by atoms with Crippen molar-refractivity contribution in [2.75, 3.05) is 11.9 Å². The fourth-order valence-electron chi connectivity index (χ4n) is 2.30. The molecule has 2 nitrogen and oxygen atoms in total. The van der Waals surface area contributed by atoms with Crippen LogP contribution in [0.4, 0.5) is 0 Å². The molecular weight excluding hydrogens is 290 g/mol. The lowest BCUT2D eigenvalue weighted by molar-refractivity contribution is -0.123. The molecule has 0 aliphatic heterocycles. The van der Waals surface area contributed by atoms with Gasteiger partial charge in [0.25, 0.3) is 0 Å². The molecule has 1 aliphatic rings. The molecule has 1 fully saturated rings. The number of hydrogen-bond acceptors (Lipinski definition) is 1. The highest BCUT2D eigenvalue weighted by molar-refractivity contribution is 9.09. The molecule has 0 spiro atoms. The van der Waals surface area contributed by atoms with E-state index in [2.05, 4.69) is 33.4 Å². The molecule has 0 saturated heterocycles. The van der Waals surface area contributed by atoms with Crippen LogP contribution in [0.25, 0.3) is 0 Å². The summed E-state index contributed by atoms with van der Waals surface area (Å²) in [5.41, 5.74) is 0.958. The first-order valence-electron chi connectivity index (χ1n) is 6.69. The Bertz CT molecular complexity index is 387. The highest BCUT2D eigenvalue weighted by Gasteiger charge is 2.50. The van der Waals surface area contributed by atoms with Gasteiger partial charge in [-0.15, -0.1) is 0 Å². The Balaban J connectivity index is 1.82. The summed E-state index contributed by atoms with van der Waals surface area (Å²) >= 11 is 3.42. The fourth-order valence-corrected chi connectivity index (χ4v) is 2.69. The lowest BCUT2D eigenvalue weighted by Gasteiger charge is -2.15. The van der Waals surface area contributed by atoms with Crippen LogP contribution in [0.3, 0.4) is 0 Å². The Morgan fingerprint density at radius 2 is 1.89 bits per heavy atom. The van der Waals surface area contributed by atoms with Gasteiger partial charge in [0.05, 0.1) is 5.41 Å². The lowest BCUT2D eigenvalue weighted by atomic mass is 9.95. The summed E-state index contributed by atoms with van der Waals surface area (Å²) in [5.74, 6) is 0.215. The predicted octanol–water partition coefficient (Wildman–Crippen LogP) is 3.40. The number of unbranched alkanes of at least 4 members (excludes halogenated alkanes) is 2. The quantitative estimate of drug-likeness (QED) is 0.607. The van der Waals surface area contributed by atoms with E-state index in [-0.39, 0.29) is 11.3 Å². The maximum Gasteiger partial charge on any atom is 0.230 e. The van der Waals surface area contributed by atoms with Gasteiger partial charge in [-0.25, -0.2) is 0 Å². The number of amides is 1. The minimum absolute atomic E-state index is 0.212. The Labute approximate surface area is 117 Å². The molecule has 2 rings (SSSR count). The molecule has 1 saturated carbocycles. The topological polar surface area (TPSA) is 29.1 Å². The van der Waals surface area contributed by atoms with Gasteiger partial charge in [0, 0.05) is 11.9 Å². The lowest BCUT2D eigenvalue weighted by Crippen LogP contribution is -2.35. The molecule has 18 heavy (non-hydrogen) atoms. The molecule has 1 aromatic carbocycles. The van der Waals surface area contributed by atoms with E-state index in [4.69, 9.17) is 0 Å². The van der Waals surface area contributed by atoms with Crippen LogP contribution in [-0.4, -0.2) is 17.8 Å². The summed E-state index contributed by atoms with van der Waals surface area (Å²) < 4.78 is 0. The van der Waals surface area contributed by atoms with E-state index in [9.17, 15) is 4.79 Å². The third-order valence-electron chi connectivity index (χ3n) is 3.61. The maximum absolute atomic E-state index is 12.2. The summed E-state index contributed by atoms with van der Waals surface area (Å²) in [6.45, 7) is 0.806. The summed E-state index contributed by atoms with van der Waals surface area (Å²) in [7, 11) is 0. The molecule has 1 amide bonds. The van der Waals surface area contributed by atoms with Gasteiger partial charge in [-0.1, -0.05) is 52.7 Å². The molecule has 0 aromatic heterocycles. The highest BCUT2D eigenvalue weighted by Crippen LogP contribution is 2.48. The molecule has 0 heterocycles. The maximum atomic E-state index is 12.2. The van der Waals surface area contributed by atoms with Crippen molar-refractivity contribution in [3.05, 3.63) is 35.9 Å². The zero-order valence-electron chi connectivity index (χ0n) is 10.6. The molecule has 0 unspecified atom stereocenters. The number of benzene rings is 1. The molecule has 1 aromatic rings. The first-order chi connectivity index (χ1) is 8.79. The summed E-state index contributed by atoms with van der Waals surface area (Å²) in [6, 6.07) is 10.2. The third-order valence-corrected chi connectivity index (χ3v) is 4.17. The van der Waals surface area contributed by atoms with E-state index in [0.29, 0.717) is 0 Å². The Morgan fingerprint density at radius 3 is 2.50 bits per heavy atom. The van der Waals surface area contributed by atoms with Gasteiger partial charge in [-0.3, -0.25) is 4.79 Å². The minimum atomic E-state index is -0.212. The number of carbonyl (C=O) groups is 1. The van der Waals surface area contributed by atoms with Gasteiger partial charge in [-0.05, 0) is 31.2 Å². The van der Waals surface area contributed by atoms with Crippen molar-refractivity contribution in [2.45, 2.75) is 37.5 Å². The number of carbonyl (C=O) groups excluding carboxylic acids is 1. The van der Waals surface area contributed by atoms with E-state index in [1.54, 1.807) is 0 Å². The second kappa shape index (κ2) is 6.37. The van der Waals surface area contributed by atoms with Crippen molar-refractivity contribution in [3.63, 3.8) is 0 Å². The molecular formula is C15H20BrNO. The van der Waals surface area contributed by atoms with E-state index >= 15 is 0 Å². The Morgan fingerprint density at radius 1 is 1.17 bits per heavy atom. The van der Waals surface area contributed by atoms with Crippen LogP contribution in [0.2, 0.25) is 0 Å². The number of nitrogens with one attached hydrogen (secondary N) is 1. The molecule has 0 bridgehead atoms. The zero-order valence-corrected chi connectivity index (χ0v) is 12.2. The first-order valence-corrected chi connectivity index (χ1v) is 7.81.